The molecule has 2 saturated heterocycles. The Bertz CT molecular complexity index is 1280. The van der Waals surface area contributed by atoms with Gasteiger partial charge in [-0.1, -0.05) is 30.7 Å². The molecule has 0 radical (unpaired) electrons. The summed E-state index contributed by atoms with van der Waals surface area (Å²) in [6.45, 7) is 4.57. The summed E-state index contributed by atoms with van der Waals surface area (Å²) in [5.74, 6) is -0.835. The van der Waals surface area contributed by atoms with E-state index < -0.39 is 34.6 Å². The van der Waals surface area contributed by atoms with Crippen LogP contribution < -0.4 is 0 Å². The standard InChI is InChI=1S/C26H32ClN3O5S/c1-3-22(31)17-30(36(34,35)23-10-8-19-15-21(27)9-7-20(19)16-23)24-11-14-29(26(24)33)18(2)25(32)28-12-5-4-6-13-28/h7-10,15-16,18,24H,3-6,11-14,17H2,1-2H3/t18-,24?/m0/s1. The van der Waals surface area contributed by atoms with E-state index in [1.807, 2.05) is 0 Å². The molecule has 2 heterocycles. The van der Waals surface area contributed by atoms with Gasteiger partial charge in [-0.15, -0.1) is 0 Å². The summed E-state index contributed by atoms with van der Waals surface area (Å²) in [4.78, 5) is 42.2. The normalized spacial score (nSPS) is 19.8. The van der Waals surface area contributed by atoms with Crippen molar-refractivity contribution >= 4 is 50.0 Å². The maximum absolute atomic E-state index is 13.8. The van der Waals surface area contributed by atoms with Gasteiger partial charge in [0.1, 0.15) is 17.9 Å². The van der Waals surface area contributed by atoms with E-state index in [9.17, 15) is 22.8 Å². The molecule has 4 rings (SSSR count). The molecule has 36 heavy (non-hydrogen) atoms. The summed E-state index contributed by atoms with van der Waals surface area (Å²) < 4.78 is 28.6. The monoisotopic (exact) mass is 533 g/mol. The molecule has 0 aromatic heterocycles. The minimum atomic E-state index is -4.18. The van der Waals surface area contributed by atoms with Crippen LogP contribution in [0.4, 0.5) is 0 Å². The van der Waals surface area contributed by atoms with Gasteiger partial charge in [-0.2, -0.15) is 4.31 Å². The molecule has 2 atom stereocenters. The lowest BCUT2D eigenvalue weighted by molar-refractivity contribution is -0.144. The van der Waals surface area contributed by atoms with Gasteiger partial charge >= 0.3 is 0 Å². The van der Waals surface area contributed by atoms with Gasteiger partial charge in [0, 0.05) is 31.1 Å². The highest BCUT2D eigenvalue weighted by atomic mass is 35.5. The van der Waals surface area contributed by atoms with Crippen LogP contribution in [0.3, 0.4) is 0 Å². The van der Waals surface area contributed by atoms with Gasteiger partial charge in [0.15, 0.2) is 0 Å². The molecule has 2 aliphatic rings. The van der Waals surface area contributed by atoms with Crippen LogP contribution in [-0.2, 0) is 24.4 Å². The fourth-order valence-electron chi connectivity index (χ4n) is 4.99. The summed E-state index contributed by atoms with van der Waals surface area (Å²) in [5.41, 5.74) is 0. The lowest BCUT2D eigenvalue weighted by Crippen LogP contribution is -2.52. The highest BCUT2D eigenvalue weighted by Gasteiger charge is 2.45. The Morgan fingerprint density at radius 3 is 2.42 bits per heavy atom. The SMILES string of the molecule is CCC(=O)CN(C1CCN([C@@H](C)C(=O)N2CCCCC2)C1=O)S(=O)(=O)c1ccc2cc(Cl)ccc2c1. The number of rotatable bonds is 8. The Morgan fingerprint density at radius 2 is 1.72 bits per heavy atom. The topological polar surface area (TPSA) is 95.1 Å². The fraction of sp³-hybridized carbons (Fsp3) is 0.500. The molecular weight excluding hydrogens is 502 g/mol. The van der Waals surface area contributed by atoms with Gasteiger partial charge in [0.25, 0.3) is 0 Å². The van der Waals surface area contributed by atoms with Gasteiger partial charge in [-0.25, -0.2) is 8.42 Å². The van der Waals surface area contributed by atoms with Crippen LogP contribution >= 0.6 is 11.6 Å². The number of carbonyl (C=O) groups is 3. The highest BCUT2D eigenvalue weighted by molar-refractivity contribution is 7.89. The first-order valence-corrected chi connectivity index (χ1v) is 14.3. The molecule has 2 aliphatic heterocycles. The summed E-state index contributed by atoms with van der Waals surface area (Å²) >= 11 is 6.05. The van der Waals surface area contributed by atoms with Gasteiger partial charge < -0.3 is 9.80 Å². The Balaban J connectivity index is 1.62. The second kappa shape index (κ2) is 10.9. The number of nitrogens with zero attached hydrogens (tertiary/aromatic N) is 3. The van der Waals surface area contributed by atoms with Crippen molar-refractivity contribution in [2.24, 2.45) is 0 Å². The first-order valence-electron chi connectivity index (χ1n) is 12.5. The zero-order valence-corrected chi connectivity index (χ0v) is 22.2. The van der Waals surface area contributed by atoms with E-state index in [0.717, 1.165) is 29.0 Å². The van der Waals surface area contributed by atoms with E-state index in [2.05, 4.69) is 0 Å². The number of carbonyl (C=O) groups excluding carboxylic acids is 3. The number of sulfonamides is 1. The summed E-state index contributed by atoms with van der Waals surface area (Å²) in [6.07, 6.45) is 3.34. The maximum Gasteiger partial charge on any atom is 0.245 e. The van der Waals surface area contributed by atoms with E-state index in [4.69, 9.17) is 11.6 Å². The third kappa shape index (κ3) is 5.28. The van der Waals surface area contributed by atoms with Gasteiger partial charge in [-0.3, -0.25) is 14.4 Å². The summed E-state index contributed by atoms with van der Waals surface area (Å²) in [5, 5.41) is 2.01. The van der Waals surface area contributed by atoms with Crippen molar-refractivity contribution in [3.05, 3.63) is 41.4 Å². The van der Waals surface area contributed by atoms with E-state index >= 15 is 0 Å². The van der Waals surface area contributed by atoms with Crippen LogP contribution in [0.25, 0.3) is 10.8 Å². The molecule has 0 bridgehead atoms. The average Bonchev–Trinajstić information content (AvgIpc) is 3.26. The molecule has 2 fully saturated rings. The Labute approximate surface area is 217 Å². The van der Waals surface area contributed by atoms with E-state index in [1.54, 1.807) is 43.0 Å². The van der Waals surface area contributed by atoms with Gasteiger partial charge in [0.2, 0.25) is 21.8 Å². The smallest absolute Gasteiger partial charge is 0.245 e. The molecule has 194 valence electrons. The molecule has 2 aromatic carbocycles. The van der Waals surface area contributed by atoms with Crippen molar-refractivity contribution in [1.29, 1.82) is 0 Å². The number of benzene rings is 2. The summed E-state index contributed by atoms with van der Waals surface area (Å²) in [7, 11) is -4.18. The molecule has 2 amide bonds. The molecule has 8 nitrogen and oxygen atoms in total. The lowest BCUT2D eigenvalue weighted by atomic mass is 10.1. The molecule has 2 aromatic rings. The van der Waals surface area contributed by atoms with Gasteiger partial charge in [0.05, 0.1) is 11.4 Å². The maximum atomic E-state index is 13.8. The van der Waals surface area contributed by atoms with Crippen LogP contribution in [0.1, 0.15) is 46.0 Å². The number of halogens is 1. The number of piperidine rings is 1. The predicted octanol–water partition coefficient (Wildman–Crippen LogP) is 3.46. The zero-order valence-electron chi connectivity index (χ0n) is 20.7. The van der Waals surface area contributed by atoms with Crippen LogP contribution in [0, 0.1) is 0 Å². The third-order valence-electron chi connectivity index (χ3n) is 7.16. The second-order valence-electron chi connectivity index (χ2n) is 9.49. The second-order valence-corrected chi connectivity index (χ2v) is 11.8. The number of hydrogen-bond acceptors (Lipinski definition) is 5. The number of likely N-dealkylation sites (tertiary alicyclic amines) is 2. The largest absolute Gasteiger partial charge is 0.341 e. The quantitative estimate of drug-likeness (QED) is 0.518. The predicted molar refractivity (Wildman–Crippen MR) is 138 cm³/mol. The van der Waals surface area contributed by atoms with E-state index in [-0.39, 0.29) is 36.0 Å². The Hall–Kier alpha value is -2.49. The number of hydrogen-bond donors (Lipinski definition) is 0. The number of amides is 2. The minimum Gasteiger partial charge on any atom is -0.341 e. The van der Waals surface area contributed by atoms with Crippen molar-refractivity contribution in [2.75, 3.05) is 26.2 Å². The van der Waals surface area contributed by atoms with Gasteiger partial charge in [-0.05, 0) is 67.6 Å². The average molecular weight is 534 g/mol. The number of Topliss-reactive ketones (excluding diaryl/α,β-unsaturated/α-hetero) is 1. The number of fused-ring (bicyclic) bond motifs is 1. The van der Waals surface area contributed by atoms with E-state index in [1.165, 1.54) is 17.0 Å². The molecule has 0 aliphatic carbocycles. The zero-order chi connectivity index (χ0) is 26.0. The molecule has 0 N–H and O–H groups in total. The highest BCUT2D eigenvalue weighted by Crippen LogP contribution is 2.29. The Morgan fingerprint density at radius 1 is 1.06 bits per heavy atom. The molecule has 0 spiro atoms. The Kier molecular flexibility index (Phi) is 8.02. The molecular formula is C26H32ClN3O5S. The lowest BCUT2D eigenvalue weighted by Gasteiger charge is -2.33. The van der Waals surface area contributed by atoms with Crippen molar-refractivity contribution in [1.82, 2.24) is 14.1 Å². The van der Waals surface area contributed by atoms with E-state index in [0.29, 0.717) is 23.5 Å². The molecule has 0 saturated carbocycles. The van der Waals surface area contributed by atoms with Crippen LogP contribution in [0.5, 0.6) is 0 Å². The molecule has 1 unspecified atom stereocenters. The molecule has 10 heteroatoms. The van der Waals surface area contributed by atoms with Crippen molar-refractivity contribution < 1.29 is 22.8 Å². The van der Waals surface area contributed by atoms with Crippen molar-refractivity contribution in [3.8, 4) is 0 Å². The minimum absolute atomic E-state index is 0.00455. The number of ketones is 1. The van der Waals surface area contributed by atoms with Crippen molar-refractivity contribution in [2.45, 2.75) is 62.9 Å². The third-order valence-corrected chi connectivity index (χ3v) is 9.24. The summed E-state index contributed by atoms with van der Waals surface area (Å²) in [6, 6.07) is 8.09. The van der Waals surface area contributed by atoms with Crippen molar-refractivity contribution in [3.63, 3.8) is 0 Å². The van der Waals surface area contributed by atoms with Crippen LogP contribution in [0.15, 0.2) is 41.3 Å². The first kappa shape index (κ1) is 26.6. The first-order chi connectivity index (χ1) is 17.1. The van der Waals surface area contributed by atoms with Crippen LogP contribution in [-0.4, -0.2) is 78.4 Å². The fourth-order valence-corrected chi connectivity index (χ4v) is 6.80. The van der Waals surface area contributed by atoms with Crippen LogP contribution in [0.2, 0.25) is 5.02 Å².